The van der Waals surface area contributed by atoms with Crippen LogP contribution in [0.4, 0.5) is 5.69 Å². The SMILES string of the molecule is NS(=O)(=O)NCCCC[C@H](NC(=O)c1ccc2cc[nH]c2c1)C(=O)Nc1cccc2cccnc12. The third-order valence-electron chi connectivity index (χ3n) is 5.55. The minimum Gasteiger partial charge on any atom is -0.361 e. The topological polar surface area (TPSA) is 159 Å². The molecular weight excluding hydrogens is 468 g/mol. The van der Waals surface area contributed by atoms with Gasteiger partial charge in [-0.25, -0.2) is 9.86 Å². The maximum Gasteiger partial charge on any atom is 0.274 e. The fourth-order valence-electron chi connectivity index (χ4n) is 3.81. The van der Waals surface area contributed by atoms with Crippen LogP contribution in [0.3, 0.4) is 0 Å². The van der Waals surface area contributed by atoms with Crippen LogP contribution in [0.25, 0.3) is 21.8 Å². The first kappa shape index (κ1) is 24.3. The summed E-state index contributed by atoms with van der Waals surface area (Å²) in [5.41, 5.74) is 2.41. The van der Waals surface area contributed by atoms with Gasteiger partial charge in [0.1, 0.15) is 6.04 Å². The summed E-state index contributed by atoms with van der Waals surface area (Å²) < 4.78 is 24.3. The molecule has 0 saturated carbocycles. The van der Waals surface area contributed by atoms with E-state index in [2.05, 4.69) is 25.3 Å². The van der Waals surface area contributed by atoms with E-state index in [1.165, 1.54) is 0 Å². The van der Waals surface area contributed by atoms with Crippen molar-refractivity contribution >= 4 is 49.5 Å². The van der Waals surface area contributed by atoms with E-state index >= 15 is 0 Å². The van der Waals surface area contributed by atoms with Gasteiger partial charge in [-0.2, -0.15) is 8.42 Å². The molecule has 0 bridgehead atoms. The largest absolute Gasteiger partial charge is 0.361 e. The lowest BCUT2D eigenvalue weighted by Gasteiger charge is -2.19. The fourth-order valence-corrected chi connectivity index (χ4v) is 4.24. The number of carbonyl (C=O) groups excluding carboxylic acids is 2. The number of nitrogens with one attached hydrogen (secondary N) is 4. The molecule has 11 heteroatoms. The molecule has 2 aromatic carbocycles. The Morgan fingerprint density at radius 1 is 1.03 bits per heavy atom. The fraction of sp³-hybridized carbons (Fsp3) is 0.208. The number of rotatable bonds is 10. The highest BCUT2D eigenvalue weighted by atomic mass is 32.2. The average molecular weight is 495 g/mol. The maximum atomic E-state index is 13.2. The number of hydrogen-bond donors (Lipinski definition) is 5. The van der Waals surface area contributed by atoms with Crippen molar-refractivity contribution in [3.63, 3.8) is 0 Å². The minimum atomic E-state index is -3.78. The van der Waals surface area contributed by atoms with Crippen molar-refractivity contribution in [1.29, 1.82) is 0 Å². The summed E-state index contributed by atoms with van der Waals surface area (Å²) in [6, 6.07) is 15.5. The Bertz CT molecular complexity index is 1460. The summed E-state index contributed by atoms with van der Waals surface area (Å²) in [7, 11) is -3.78. The van der Waals surface area contributed by atoms with Crippen LogP contribution in [0.5, 0.6) is 0 Å². The van der Waals surface area contributed by atoms with Crippen molar-refractivity contribution in [3.05, 3.63) is 72.6 Å². The number of H-pyrrole nitrogens is 1. The highest BCUT2D eigenvalue weighted by Crippen LogP contribution is 2.21. The molecule has 10 nitrogen and oxygen atoms in total. The standard InChI is InChI=1S/C24H26N6O4S/c25-35(33,34)28-13-2-1-7-20(30-23(31)18-10-9-16-11-14-26-21(16)15-18)24(32)29-19-8-3-5-17-6-4-12-27-22(17)19/h3-6,8-12,14-15,20,26,28H,1-2,7,13H2,(H,29,32)(H,30,31)(H2,25,33,34)/t20-/m0/s1. The van der Waals surface area contributed by atoms with Gasteiger partial charge in [0.15, 0.2) is 0 Å². The molecule has 0 aliphatic heterocycles. The molecule has 1 atom stereocenters. The Morgan fingerprint density at radius 2 is 1.86 bits per heavy atom. The van der Waals surface area contributed by atoms with Crippen molar-refractivity contribution in [1.82, 2.24) is 20.0 Å². The number of anilines is 1. The highest BCUT2D eigenvalue weighted by Gasteiger charge is 2.22. The van der Waals surface area contributed by atoms with Crippen molar-refractivity contribution in [2.24, 2.45) is 5.14 Å². The van der Waals surface area contributed by atoms with Crippen LogP contribution in [0.15, 0.2) is 67.0 Å². The van der Waals surface area contributed by atoms with Gasteiger partial charge in [-0.1, -0.05) is 24.3 Å². The van der Waals surface area contributed by atoms with Gasteiger partial charge in [-0.3, -0.25) is 14.6 Å². The molecule has 0 spiro atoms. The molecule has 6 N–H and O–H groups in total. The lowest BCUT2D eigenvalue weighted by Crippen LogP contribution is -2.44. The first-order valence-electron chi connectivity index (χ1n) is 11.1. The Balaban J connectivity index is 1.49. The number of benzene rings is 2. The van der Waals surface area contributed by atoms with Crippen molar-refractivity contribution in [2.45, 2.75) is 25.3 Å². The van der Waals surface area contributed by atoms with Crippen LogP contribution in [-0.4, -0.2) is 42.8 Å². The van der Waals surface area contributed by atoms with Crippen LogP contribution in [0, 0.1) is 0 Å². The number of nitrogens with two attached hydrogens (primary N) is 1. The van der Waals surface area contributed by atoms with Crippen LogP contribution in [-0.2, 0) is 15.0 Å². The van der Waals surface area contributed by atoms with Crippen molar-refractivity contribution in [2.75, 3.05) is 11.9 Å². The molecule has 0 fully saturated rings. The summed E-state index contributed by atoms with van der Waals surface area (Å²) in [4.78, 5) is 33.6. The van der Waals surface area contributed by atoms with Gasteiger partial charge in [0.2, 0.25) is 5.91 Å². The summed E-state index contributed by atoms with van der Waals surface area (Å²) in [5, 5.41) is 12.5. The third kappa shape index (κ3) is 6.41. The van der Waals surface area contributed by atoms with Gasteiger partial charge in [0.25, 0.3) is 16.1 Å². The quantitative estimate of drug-likeness (QED) is 0.214. The van der Waals surface area contributed by atoms with E-state index in [4.69, 9.17) is 5.14 Å². The number of aromatic nitrogens is 2. The number of amides is 2. The number of aromatic amines is 1. The zero-order valence-corrected chi connectivity index (χ0v) is 19.6. The normalized spacial score (nSPS) is 12.5. The molecule has 0 saturated heterocycles. The second kappa shape index (κ2) is 10.6. The third-order valence-corrected chi connectivity index (χ3v) is 6.16. The number of carbonyl (C=O) groups is 2. The first-order chi connectivity index (χ1) is 16.8. The highest BCUT2D eigenvalue weighted by molar-refractivity contribution is 7.87. The van der Waals surface area contributed by atoms with Gasteiger partial charge in [0.05, 0.1) is 11.2 Å². The number of hydrogen-bond acceptors (Lipinski definition) is 5. The van der Waals surface area contributed by atoms with Crippen molar-refractivity contribution in [3.8, 4) is 0 Å². The number of unbranched alkanes of at least 4 members (excludes halogenated alkanes) is 1. The molecule has 2 heterocycles. The van der Waals surface area contributed by atoms with E-state index in [1.807, 2.05) is 36.4 Å². The van der Waals surface area contributed by atoms with Crippen LogP contribution in [0.1, 0.15) is 29.6 Å². The van der Waals surface area contributed by atoms with Gasteiger partial charge in [0, 0.05) is 35.4 Å². The monoisotopic (exact) mass is 494 g/mol. The van der Waals surface area contributed by atoms with E-state index in [-0.39, 0.29) is 12.5 Å². The van der Waals surface area contributed by atoms with Gasteiger partial charge >= 0.3 is 0 Å². The molecule has 182 valence electrons. The smallest absolute Gasteiger partial charge is 0.274 e. The number of fused-ring (bicyclic) bond motifs is 2. The summed E-state index contributed by atoms with van der Waals surface area (Å²) in [6.07, 6.45) is 4.65. The van der Waals surface area contributed by atoms with E-state index < -0.39 is 22.2 Å². The summed E-state index contributed by atoms with van der Waals surface area (Å²) in [5.74, 6) is -0.780. The number of nitrogens with zero attached hydrogens (tertiary/aromatic N) is 1. The minimum absolute atomic E-state index is 0.137. The van der Waals surface area contributed by atoms with E-state index in [0.29, 0.717) is 36.0 Å². The second-order valence-electron chi connectivity index (χ2n) is 8.11. The zero-order valence-electron chi connectivity index (χ0n) is 18.8. The van der Waals surface area contributed by atoms with Crippen LogP contribution < -0.4 is 20.5 Å². The van der Waals surface area contributed by atoms with Gasteiger partial charge in [-0.05, 0) is 55.0 Å². The summed E-state index contributed by atoms with van der Waals surface area (Å²) >= 11 is 0. The number of para-hydroxylation sites is 1. The van der Waals surface area contributed by atoms with Crippen molar-refractivity contribution < 1.29 is 18.0 Å². The maximum absolute atomic E-state index is 13.2. The molecule has 4 aromatic rings. The van der Waals surface area contributed by atoms with Gasteiger partial charge < -0.3 is 15.6 Å². The predicted octanol–water partition coefficient (Wildman–Crippen LogP) is 2.42. The molecule has 2 aromatic heterocycles. The molecule has 0 aliphatic carbocycles. The molecule has 0 aliphatic rings. The lowest BCUT2D eigenvalue weighted by molar-refractivity contribution is -0.118. The van der Waals surface area contributed by atoms with Crippen LogP contribution >= 0.6 is 0 Å². The predicted molar refractivity (Wildman–Crippen MR) is 135 cm³/mol. The molecule has 0 radical (unpaired) electrons. The first-order valence-corrected chi connectivity index (χ1v) is 12.6. The second-order valence-corrected chi connectivity index (χ2v) is 9.49. The lowest BCUT2D eigenvalue weighted by atomic mass is 10.1. The summed E-state index contributed by atoms with van der Waals surface area (Å²) in [6.45, 7) is 0.137. The number of pyridine rings is 1. The van der Waals surface area contributed by atoms with E-state index in [0.717, 1.165) is 16.3 Å². The Hall–Kier alpha value is -3.80. The molecule has 35 heavy (non-hydrogen) atoms. The Labute approximate surface area is 202 Å². The zero-order chi connectivity index (χ0) is 24.8. The Morgan fingerprint density at radius 3 is 2.69 bits per heavy atom. The Kier molecular flexibility index (Phi) is 7.39. The average Bonchev–Trinajstić information content (AvgIpc) is 3.30. The molecule has 0 unspecified atom stereocenters. The van der Waals surface area contributed by atoms with Gasteiger partial charge in [-0.15, -0.1) is 0 Å². The van der Waals surface area contributed by atoms with E-state index in [9.17, 15) is 18.0 Å². The molecule has 4 rings (SSSR count). The molecule has 2 amide bonds. The van der Waals surface area contributed by atoms with Crippen LogP contribution in [0.2, 0.25) is 0 Å². The van der Waals surface area contributed by atoms with E-state index in [1.54, 1.807) is 30.6 Å². The molecular formula is C24H26N6O4S.